The zero-order valence-corrected chi connectivity index (χ0v) is 13.9. The van der Waals surface area contributed by atoms with Crippen LogP contribution >= 0.6 is 0 Å². The Labute approximate surface area is 146 Å². The summed E-state index contributed by atoms with van der Waals surface area (Å²) >= 11 is 0. The molecule has 0 radical (unpaired) electrons. The monoisotopic (exact) mass is 343 g/mol. The van der Waals surface area contributed by atoms with Crippen molar-refractivity contribution in [3.63, 3.8) is 0 Å². The van der Waals surface area contributed by atoms with Crippen molar-refractivity contribution in [1.82, 2.24) is 24.8 Å². The summed E-state index contributed by atoms with van der Waals surface area (Å²) < 4.78 is 6.46. The first kappa shape index (κ1) is 15.6. The number of hydrogen-bond donors (Lipinski definition) is 1. The Morgan fingerprint density at radius 3 is 2.84 bits per heavy atom. The van der Waals surface area contributed by atoms with E-state index in [0.29, 0.717) is 24.6 Å². The number of nitrogens with zero attached hydrogens (tertiary/aromatic N) is 4. The van der Waals surface area contributed by atoms with Crippen LogP contribution in [-0.2, 0) is 4.74 Å². The fourth-order valence-electron chi connectivity index (χ4n) is 3.72. The van der Waals surface area contributed by atoms with Crippen LogP contribution in [0.2, 0.25) is 0 Å². The Hall–Kier alpha value is -2.90. The smallest absolute Gasteiger partial charge is 0.409 e. The molecule has 1 saturated carbocycles. The van der Waals surface area contributed by atoms with Crippen LogP contribution in [0.1, 0.15) is 24.8 Å². The van der Waals surface area contributed by atoms with Gasteiger partial charge in [-0.25, -0.2) is 14.8 Å². The SMILES string of the molecule is COC(=O)N1CC2(CC(NC(=O)c3cccc(-n4ccnc4)n3)C2)C1.[HH]. The molecule has 0 bridgehead atoms. The van der Waals surface area contributed by atoms with Crippen molar-refractivity contribution in [2.45, 2.75) is 18.9 Å². The Morgan fingerprint density at radius 2 is 2.16 bits per heavy atom. The number of carbonyl (C=O) groups is 2. The van der Waals surface area contributed by atoms with Gasteiger partial charge in [-0.1, -0.05) is 6.07 Å². The third-order valence-electron chi connectivity index (χ3n) is 4.92. The molecule has 0 aromatic carbocycles. The molecule has 0 unspecified atom stereocenters. The van der Waals surface area contributed by atoms with E-state index >= 15 is 0 Å². The highest BCUT2D eigenvalue weighted by Crippen LogP contribution is 2.48. The Bertz CT molecular complexity index is 796. The van der Waals surface area contributed by atoms with E-state index < -0.39 is 0 Å². The first-order valence-corrected chi connectivity index (χ1v) is 8.18. The molecule has 2 amide bonds. The molecule has 132 valence electrons. The molecule has 2 aliphatic rings. The van der Waals surface area contributed by atoms with Crippen molar-refractivity contribution in [3.8, 4) is 5.82 Å². The van der Waals surface area contributed by atoms with Gasteiger partial charge in [-0.15, -0.1) is 0 Å². The minimum absolute atomic E-state index is 0. The lowest BCUT2D eigenvalue weighted by molar-refractivity contribution is -0.0653. The highest BCUT2D eigenvalue weighted by Gasteiger charge is 2.54. The van der Waals surface area contributed by atoms with Crippen molar-refractivity contribution >= 4 is 12.0 Å². The van der Waals surface area contributed by atoms with Gasteiger partial charge in [-0.2, -0.15) is 0 Å². The van der Waals surface area contributed by atoms with Crippen LogP contribution in [0.25, 0.3) is 5.82 Å². The second-order valence-electron chi connectivity index (χ2n) is 6.76. The fraction of sp³-hybridized carbons (Fsp3) is 0.412. The molecule has 3 heterocycles. The van der Waals surface area contributed by atoms with E-state index in [9.17, 15) is 9.59 Å². The molecule has 1 saturated heterocycles. The molecule has 1 aliphatic heterocycles. The molecule has 0 atom stereocenters. The van der Waals surface area contributed by atoms with E-state index in [-0.39, 0.29) is 24.9 Å². The van der Waals surface area contributed by atoms with Crippen molar-refractivity contribution in [1.29, 1.82) is 0 Å². The van der Waals surface area contributed by atoms with Gasteiger partial charge in [0.25, 0.3) is 5.91 Å². The van der Waals surface area contributed by atoms with Crippen LogP contribution in [0.3, 0.4) is 0 Å². The van der Waals surface area contributed by atoms with Crippen LogP contribution in [0.4, 0.5) is 4.79 Å². The maximum atomic E-state index is 12.4. The number of methoxy groups -OCH3 is 1. The molecule has 1 spiro atoms. The summed E-state index contributed by atoms with van der Waals surface area (Å²) in [6, 6.07) is 5.46. The summed E-state index contributed by atoms with van der Waals surface area (Å²) in [6.07, 6.45) is 6.57. The third-order valence-corrected chi connectivity index (χ3v) is 4.92. The lowest BCUT2D eigenvalue weighted by Gasteiger charge is -2.58. The number of aromatic nitrogens is 3. The van der Waals surface area contributed by atoms with Gasteiger partial charge < -0.3 is 15.0 Å². The molecule has 2 fully saturated rings. The van der Waals surface area contributed by atoms with E-state index in [1.807, 2.05) is 6.07 Å². The number of hydrogen-bond acceptors (Lipinski definition) is 5. The van der Waals surface area contributed by atoms with E-state index in [0.717, 1.165) is 12.8 Å². The number of carbonyl (C=O) groups excluding carboxylic acids is 2. The third kappa shape index (κ3) is 2.84. The van der Waals surface area contributed by atoms with Crippen molar-refractivity contribution in [2.24, 2.45) is 5.41 Å². The quantitative estimate of drug-likeness (QED) is 0.912. The van der Waals surface area contributed by atoms with Gasteiger partial charge in [0, 0.05) is 38.4 Å². The largest absolute Gasteiger partial charge is 0.453 e. The number of pyridine rings is 1. The Morgan fingerprint density at radius 1 is 1.36 bits per heavy atom. The van der Waals surface area contributed by atoms with Gasteiger partial charge >= 0.3 is 6.09 Å². The standard InChI is InChI=1S/C17H19N5O3.H2/c1-25-16(24)22-9-17(10-22)7-12(8-17)19-15(23)13-3-2-4-14(20-13)21-6-5-18-11-21;/h2-6,11-12H,7-10H2,1H3,(H,19,23);1H. The van der Waals surface area contributed by atoms with Gasteiger partial charge in [-0.3, -0.25) is 9.36 Å². The average Bonchev–Trinajstić information content (AvgIpc) is 3.09. The minimum atomic E-state index is -0.279. The van der Waals surface area contributed by atoms with Crippen molar-refractivity contribution in [2.75, 3.05) is 20.2 Å². The van der Waals surface area contributed by atoms with Gasteiger partial charge in [0.2, 0.25) is 0 Å². The summed E-state index contributed by atoms with van der Waals surface area (Å²) in [7, 11) is 1.39. The lowest BCUT2D eigenvalue weighted by atomic mass is 9.61. The molecular weight excluding hydrogens is 322 g/mol. The minimum Gasteiger partial charge on any atom is -0.453 e. The fourth-order valence-corrected chi connectivity index (χ4v) is 3.72. The zero-order valence-electron chi connectivity index (χ0n) is 13.9. The summed E-state index contributed by atoms with van der Waals surface area (Å²) in [5, 5.41) is 3.03. The van der Waals surface area contributed by atoms with E-state index in [2.05, 4.69) is 15.3 Å². The molecular formula is C17H21N5O3. The average molecular weight is 343 g/mol. The summed E-state index contributed by atoms with van der Waals surface area (Å²) in [5.74, 6) is 0.480. The molecule has 2 aromatic heterocycles. The lowest BCUT2D eigenvalue weighted by Crippen LogP contribution is -2.67. The highest BCUT2D eigenvalue weighted by molar-refractivity contribution is 5.92. The van der Waals surface area contributed by atoms with Gasteiger partial charge in [0.05, 0.1) is 7.11 Å². The summed E-state index contributed by atoms with van der Waals surface area (Å²) in [6.45, 7) is 1.42. The maximum Gasteiger partial charge on any atom is 0.409 e. The number of imidazole rings is 1. The first-order valence-electron chi connectivity index (χ1n) is 8.18. The first-order chi connectivity index (χ1) is 12.1. The van der Waals surface area contributed by atoms with Crippen molar-refractivity contribution in [3.05, 3.63) is 42.6 Å². The summed E-state index contributed by atoms with van der Waals surface area (Å²) in [5.41, 5.74) is 0.537. The number of ether oxygens (including phenoxy) is 1. The summed E-state index contributed by atoms with van der Waals surface area (Å²) in [4.78, 5) is 33.9. The second-order valence-corrected chi connectivity index (χ2v) is 6.76. The molecule has 1 aliphatic carbocycles. The van der Waals surface area contributed by atoms with Crippen LogP contribution in [-0.4, -0.2) is 57.7 Å². The molecule has 4 rings (SSSR count). The Balaban J connectivity index is 0.00000196. The van der Waals surface area contributed by atoms with E-state index in [1.54, 1.807) is 40.3 Å². The predicted molar refractivity (Wildman–Crippen MR) is 90.4 cm³/mol. The normalized spacial score (nSPS) is 18.4. The van der Waals surface area contributed by atoms with Gasteiger partial charge in [-0.05, 0) is 25.0 Å². The predicted octanol–water partition coefficient (Wildman–Crippen LogP) is 1.47. The van der Waals surface area contributed by atoms with E-state index in [4.69, 9.17) is 4.74 Å². The molecule has 8 nitrogen and oxygen atoms in total. The zero-order chi connectivity index (χ0) is 17.4. The molecule has 1 N–H and O–H groups in total. The number of likely N-dealkylation sites (tertiary alicyclic amines) is 1. The van der Waals surface area contributed by atoms with Crippen LogP contribution in [0, 0.1) is 5.41 Å². The molecule has 2 aromatic rings. The number of amides is 2. The van der Waals surface area contributed by atoms with Crippen LogP contribution in [0.15, 0.2) is 36.9 Å². The van der Waals surface area contributed by atoms with E-state index in [1.165, 1.54) is 7.11 Å². The van der Waals surface area contributed by atoms with Crippen LogP contribution < -0.4 is 5.32 Å². The van der Waals surface area contributed by atoms with Crippen LogP contribution in [0.5, 0.6) is 0 Å². The van der Waals surface area contributed by atoms with Gasteiger partial charge in [0.15, 0.2) is 0 Å². The second kappa shape index (κ2) is 5.87. The van der Waals surface area contributed by atoms with Crippen molar-refractivity contribution < 1.29 is 15.8 Å². The Kier molecular flexibility index (Phi) is 3.67. The number of rotatable bonds is 3. The topological polar surface area (TPSA) is 89.4 Å². The number of nitrogens with one attached hydrogen (secondary N) is 1. The molecule has 8 heteroatoms. The highest BCUT2D eigenvalue weighted by atomic mass is 16.5. The van der Waals surface area contributed by atoms with Gasteiger partial charge in [0.1, 0.15) is 17.8 Å². The molecule has 25 heavy (non-hydrogen) atoms. The maximum absolute atomic E-state index is 12.4.